The summed E-state index contributed by atoms with van der Waals surface area (Å²) in [6, 6.07) is -2.02. The van der Waals surface area contributed by atoms with Gasteiger partial charge in [-0.3, -0.25) is 9.59 Å². The van der Waals surface area contributed by atoms with Gasteiger partial charge in [-0.1, -0.05) is 13.8 Å². The van der Waals surface area contributed by atoms with Crippen LogP contribution in [0.4, 0.5) is 0 Å². The Bertz CT molecular complexity index is 303. The molecule has 0 fully saturated rings. The number of nitrogens with one attached hydrogen (secondary N) is 1. The molecule has 7 heteroatoms. The second-order valence-corrected chi connectivity index (χ2v) is 4.11. The van der Waals surface area contributed by atoms with Crippen LogP contribution in [0.25, 0.3) is 0 Å². The lowest BCUT2D eigenvalue weighted by atomic mass is 10.0. The van der Waals surface area contributed by atoms with Gasteiger partial charge in [0.05, 0.1) is 6.04 Å². The van der Waals surface area contributed by atoms with Gasteiger partial charge in [-0.05, 0) is 12.3 Å². The highest BCUT2D eigenvalue weighted by atomic mass is 16.4. The summed E-state index contributed by atoms with van der Waals surface area (Å²) >= 11 is 0. The summed E-state index contributed by atoms with van der Waals surface area (Å²) in [6.07, 6.45) is -0.250. The molecule has 0 aromatic carbocycles. The molecule has 1 unspecified atom stereocenters. The highest BCUT2D eigenvalue weighted by molar-refractivity contribution is 5.87. The van der Waals surface area contributed by atoms with Crippen molar-refractivity contribution < 1.29 is 24.6 Å². The summed E-state index contributed by atoms with van der Waals surface area (Å²) in [5, 5.41) is 19.5. The maximum absolute atomic E-state index is 11.5. The molecule has 0 rings (SSSR count). The van der Waals surface area contributed by atoms with Crippen LogP contribution in [0.1, 0.15) is 26.7 Å². The zero-order valence-electron chi connectivity index (χ0n) is 9.84. The molecule has 0 aromatic heterocycles. The van der Waals surface area contributed by atoms with Gasteiger partial charge in [-0.15, -0.1) is 0 Å². The smallest absolute Gasteiger partial charge is 0.326 e. The van der Waals surface area contributed by atoms with Gasteiger partial charge in [-0.25, -0.2) is 4.79 Å². The first-order chi connectivity index (χ1) is 7.75. The summed E-state index contributed by atoms with van der Waals surface area (Å²) in [5.41, 5.74) is 5.45. The zero-order valence-corrected chi connectivity index (χ0v) is 9.84. The maximum atomic E-state index is 11.5. The van der Waals surface area contributed by atoms with Crippen molar-refractivity contribution in [3.8, 4) is 0 Å². The van der Waals surface area contributed by atoms with Crippen LogP contribution >= 0.6 is 0 Å². The Balaban J connectivity index is 4.31. The number of carboxylic acids is 2. The Hall–Kier alpha value is -1.63. The Labute approximate surface area is 99.0 Å². The molecule has 17 heavy (non-hydrogen) atoms. The number of hydrogen-bond acceptors (Lipinski definition) is 4. The molecular formula is C10H18N2O5. The van der Waals surface area contributed by atoms with Crippen LogP contribution < -0.4 is 11.1 Å². The molecule has 0 radical (unpaired) electrons. The highest BCUT2D eigenvalue weighted by Crippen LogP contribution is 2.03. The van der Waals surface area contributed by atoms with Gasteiger partial charge in [0.2, 0.25) is 5.91 Å². The average Bonchev–Trinajstić information content (AvgIpc) is 2.20. The van der Waals surface area contributed by atoms with Gasteiger partial charge in [0, 0.05) is 6.42 Å². The first-order valence-corrected chi connectivity index (χ1v) is 5.26. The first-order valence-electron chi connectivity index (χ1n) is 5.26. The van der Waals surface area contributed by atoms with Crippen molar-refractivity contribution in [1.29, 1.82) is 0 Å². The van der Waals surface area contributed by atoms with E-state index in [-0.39, 0.29) is 18.8 Å². The summed E-state index contributed by atoms with van der Waals surface area (Å²) in [6.45, 7) is 3.31. The van der Waals surface area contributed by atoms with Crippen LogP contribution in [0.3, 0.4) is 0 Å². The van der Waals surface area contributed by atoms with Crippen LogP contribution in [-0.2, 0) is 14.4 Å². The van der Waals surface area contributed by atoms with Crippen LogP contribution in [0.2, 0.25) is 0 Å². The van der Waals surface area contributed by atoms with Crippen molar-refractivity contribution in [3.05, 3.63) is 0 Å². The van der Waals surface area contributed by atoms with Gasteiger partial charge in [0.1, 0.15) is 6.04 Å². The molecule has 0 aliphatic carbocycles. The number of hydrogen-bond donors (Lipinski definition) is 4. The second-order valence-electron chi connectivity index (χ2n) is 4.11. The number of carboxylic acid groups (broad SMARTS) is 2. The van der Waals surface area contributed by atoms with E-state index >= 15 is 0 Å². The average molecular weight is 246 g/mol. The molecule has 0 aliphatic rings. The van der Waals surface area contributed by atoms with E-state index in [2.05, 4.69) is 5.32 Å². The van der Waals surface area contributed by atoms with Gasteiger partial charge in [-0.2, -0.15) is 0 Å². The monoisotopic (exact) mass is 246 g/mol. The fraction of sp³-hybridized carbons (Fsp3) is 0.700. The van der Waals surface area contributed by atoms with E-state index in [4.69, 9.17) is 15.9 Å². The molecule has 5 N–H and O–H groups in total. The summed E-state index contributed by atoms with van der Waals surface area (Å²) < 4.78 is 0. The van der Waals surface area contributed by atoms with E-state index in [0.717, 1.165) is 0 Å². The lowest BCUT2D eigenvalue weighted by molar-refractivity contribution is -0.143. The third kappa shape index (κ3) is 5.86. The summed E-state index contributed by atoms with van der Waals surface area (Å²) in [7, 11) is 0. The highest BCUT2D eigenvalue weighted by Gasteiger charge is 2.25. The third-order valence-electron chi connectivity index (χ3n) is 2.24. The van der Waals surface area contributed by atoms with Gasteiger partial charge < -0.3 is 21.3 Å². The topological polar surface area (TPSA) is 130 Å². The molecule has 0 bridgehead atoms. The lowest BCUT2D eigenvalue weighted by Gasteiger charge is -2.20. The predicted octanol–water partition coefficient (Wildman–Crippen LogP) is -0.596. The zero-order chi connectivity index (χ0) is 13.6. The van der Waals surface area contributed by atoms with Gasteiger partial charge in [0.25, 0.3) is 0 Å². The van der Waals surface area contributed by atoms with Crippen molar-refractivity contribution >= 4 is 17.8 Å². The Morgan fingerprint density at radius 2 is 1.76 bits per heavy atom. The molecular weight excluding hydrogens is 228 g/mol. The van der Waals surface area contributed by atoms with Gasteiger partial charge in [0.15, 0.2) is 0 Å². The van der Waals surface area contributed by atoms with Gasteiger partial charge >= 0.3 is 11.9 Å². The molecule has 0 spiro atoms. The molecule has 1 amide bonds. The molecule has 98 valence electrons. The van der Waals surface area contributed by atoms with E-state index in [0.29, 0.717) is 0 Å². The predicted molar refractivity (Wildman–Crippen MR) is 59.2 cm³/mol. The largest absolute Gasteiger partial charge is 0.481 e. The number of aliphatic carboxylic acids is 2. The second kappa shape index (κ2) is 6.85. The van der Waals surface area contributed by atoms with Crippen LogP contribution in [-0.4, -0.2) is 40.1 Å². The standard InChI is InChI=1S/C10H18N2O5/c1-5(2)8(10(16)17)12-9(15)6(11)3-4-7(13)14/h5-6,8H,3-4,11H2,1-2H3,(H,12,15)(H,13,14)(H,16,17)/t6?,8-/m1/s1. The summed E-state index contributed by atoms with van der Waals surface area (Å²) in [4.78, 5) is 32.6. The first kappa shape index (κ1) is 15.4. The quantitative estimate of drug-likeness (QED) is 0.474. The fourth-order valence-electron chi connectivity index (χ4n) is 1.18. The number of carbonyl (C=O) groups excluding carboxylic acids is 1. The Morgan fingerprint density at radius 1 is 1.24 bits per heavy atom. The normalized spacial score (nSPS) is 14.1. The molecule has 0 saturated carbocycles. The Kier molecular flexibility index (Phi) is 6.19. The number of rotatable bonds is 7. The molecule has 7 nitrogen and oxygen atoms in total. The lowest BCUT2D eigenvalue weighted by Crippen LogP contribution is -2.50. The van der Waals surface area contributed by atoms with E-state index < -0.39 is 29.9 Å². The molecule has 0 saturated heterocycles. The Morgan fingerprint density at radius 3 is 2.12 bits per heavy atom. The van der Waals surface area contributed by atoms with E-state index in [1.165, 1.54) is 0 Å². The maximum Gasteiger partial charge on any atom is 0.326 e. The SMILES string of the molecule is CC(C)[C@@H](NC(=O)C(N)CCC(=O)O)C(=O)O. The van der Waals surface area contributed by atoms with Crippen molar-refractivity contribution in [2.24, 2.45) is 11.7 Å². The fourth-order valence-corrected chi connectivity index (χ4v) is 1.18. The number of carbonyl (C=O) groups is 3. The summed E-state index contributed by atoms with van der Waals surface area (Å²) in [5.74, 6) is -3.11. The van der Waals surface area contributed by atoms with E-state index in [9.17, 15) is 14.4 Å². The van der Waals surface area contributed by atoms with Crippen molar-refractivity contribution in [2.75, 3.05) is 0 Å². The number of amides is 1. The van der Waals surface area contributed by atoms with Crippen LogP contribution in [0, 0.1) is 5.92 Å². The minimum absolute atomic E-state index is 0.0222. The molecule has 0 heterocycles. The minimum Gasteiger partial charge on any atom is -0.481 e. The van der Waals surface area contributed by atoms with E-state index in [1.54, 1.807) is 13.8 Å². The van der Waals surface area contributed by atoms with Crippen molar-refractivity contribution in [2.45, 2.75) is 38.8 Å². The minimum atomic E-state index is -1.14. The van der Waals surface area contributed by atoms with Crippen LogP contribution in [0.15, 0.2) is 0 Å². The molecule has 0 aromatic rings. The number of nitrogens with two attached hydrogens (primary N) is 1. The molecule has 2 atom stereocenters. The third-order valence-corrected chi connectivity index (χ3v) is 2.24. The van der Waals surface area contributed by atoms with Crippen molar-refractivity contribution in [1.82, 2.24) is 5.32 Å². The van der Waals surface area contributed by atoms with Crippen molar-refractivity contribution in [3.63, 3.8) is 0 Å². The van der Waals surface area contributed by atoms with E-state index in [1.807, 2.05) is 0 Å². The molecule has 0 aliphatic heterocycles. The van der Waals surface area contributed by atoms with Crippen LogP contribution in [0.5, 0.6) is 0 Å².